The van der Waals surface area contributed by atoms with Gasteiger partial charge in [-0.2, -0.15) is 0 Å². The number of thioether (sulfide) groups is 1. The molecule has 1 N–H and O–H groups in total. The predicted molar refractivity (Wildman–Crippen MR) is 116 cm³/mol. The van der Waals surface area contributed by atoms with E-state index in [0.29, 0.717) is 20.5 Å². The number of carbonyl (C=O) groups excluding carboxylic acids is 1. The molecule has 0 bridgehead atoms. The molecule has 6 nitrogen and oxygen atoms in total. The molecule has 3 heterocycles. The lowest BCUT2D eigenvalue weighted by atomic mass is 10.2. The number of benzene rings is 1. The zero-order valence-corrected chi connectivity index (χ0v) is 17.8. The topological polar surface area (TPSA) is 76.9 Å². The second-order valence-electron chi connectivity index (χ2n) is 6.76. The Balaban J connectivity index is 1.34. The SMILES string of the molecule is Cn1c(SCC(=O)Nc2nc3ccc(F)cc3s2)nc2sc3c(c2c1=O)CCC3. The summed E-state index contributed by atoms with van der Waals surface area (Å²) in [6, 6.07) is 4.32. The van der Waals surface area contributed by atoms with Gasteiger partial charge in [-0.3, -0.25) is 14.2 Å². The summed E-state index contributed by atoms with van der Waals surface area (Å²) >= 11 is 4.02. The molecule has 29 heavy (non-hydrogen) atoms. The number of thiazole rings is 1. The Morgan fingerprint density at radius 3 is 3.03 bits per heavy atom. The van der Waals surface area contributed by atoms with Gasteiger partial charge in [-0.25, -0.2) is 14.4 Å². The van der Waals surface area contributed by atoms with Gasteiger partial charge in [0.1, 0.15) is 10.6 Å². The Morgan fingerprint density at radius 2 is 2.17 bits per heavy atom. The molecule has 10 heteroatoms. The third kappa shape index (κ3) is 3.34. The molecule has 0 fully saturated rings. The minimum Gasteiger partial charge on any atom is -0.301 e. The molecule has 0 aliphatic heterocycles. The third-order valence-corrected chi connectivity index (χ3v) is 7.98. The molecule has 5 rings (SSSR count). The highest BCUT2D eigenvalue weighted by molar-refractivity contribution is 7.99. The maximum Gasteiger partial charge on any atom is 0.262 e. The smallest absolute Gasteiger partial charge is 0.262 e. The minimum atomic E-state index is -0.337. The Labute approximate surface area is 176 Å². The predicted octanol–water partition coefficient (Wildman–Crippen LogP) is 3.96. The van der Waals surface area contributed by atoms with E-state index in [1.165, 1.54) is 44.7 Å². The molecule has 0 spiro atoms. The molecular weight excluding hydrogens is 431 g/mol. The fraction of sp³-hybridized carbons (Fsp3) is 0.263. The van der Waals surface area contributed by atoms with Crippen molar-refractivity contribution in [2.24, 2.45) is 7.05 Å². The van der Waals surface area contributed by atoms with Gasteiger partial charge in [0, 0.05) is 11.9 Å². The van der Waals surface area contributed by atoms with E-state index in [1.807, 2.05) is 0 Å². The molecule has 1 amide bonds. The van der Waals surface area contributed by atoms with E-state index >= 15 is 0 Å². The average molecular weight is 447 g/mol. The van der Waals surface area contributed by atoms with Crippen LogP contribution in [0.15, 0.2) is 28.2 Å². The maximum absolute atomic E-state index is 13.3. The van der Waals surface area contributed by atoms with Gasteiger partial charge in [-0.05, 0) is 43.0 Å². The van der Waals surface area contributed by atoms with Crippen LogP contribution in [0.4, 0.5) is 9.52 Å². The van der Waals surface area contributed by atoms with E-state index in [4.69, 9.17) is 0 Å². The van der Waals surface area contributed by atoms with Crippen molar-refractivity contribution < 1.29 is 9.18 Å². The van der Waals surface area contributed by atoms with Crippen molar-refractivity contribution in [3.63, 3.8) is 0 Å². The number of fused-ring (bicyclic) bond motifs is 4. The van der Waals surface area contributed by atoms with Gasteiger partial charge in [0.15, 0.2) is 10.3 Å². The lowest BCUT2D eigenvalue weighted by Gasteiger charge is -2.07. The fourth-order valence-corrected chi connectivity index (χ4v) is 6.45. The van der Waals surface area contributed by atoms with Gasteiger partial charge in [0.05, 0.1) is 21.4 Å². The van der Waals surface area contributed by atoms with Crippen LogP contribution < -0.4 is 10.9 Å². The minimum absolute atomic E-state index is 0.0505. The number of halogens is 1. The summed E-state index contributed by atoms with van der Waals surface area (Å²) in [7, 11) is 1.69. The van der Waals surface area contributed by atoms with Crippen molar-refractivity contribution in [2.45, 2.75) is 24.4 Å². The first kappa shape index (κ1) is 18.7. The van der Waals surface area contributed by atoms with E-state index in [0.717, 1.165) is 35.0 Å². The summed E-state index contributed by atoms with van der Waals surface area (Å²) in [5, 5.41) is 4.41. The van der Waals surface area contributed by atoms with E-state index in [1.54, 1.807) is 24.5 Å². The number of carbonyl (C=O) groups is 1. The third-order valence-electron chi connectivity index (χ3n) is 4.83. The molecule has 4 aromatic rings. The van der Waals surface area contributed by atoms with Crippen LogP contribution in [-0.4, -0.2) is 26.2 Å². The van der Waals surface area contributed by atoms with Gasteiger partial charge < -0.3 is 5.32 Å². The molecule has 1 aliphatic rings. The largest absolute Gasteiger partial charge is 0.301 e. The van der Waals surface area contributed by atoms with E-state index in [2.05, 4.69) is 15.3 Å². The molecule has 0 saturated heterocycles. The first-order valence-corrected chi connectivity index (χ1v) is 11.6. The second kappa shape index (κ2) is 7.19. The molecule has 3 aromatic heterocycles. The van der Waals surface area contributed by atoms with Gasteiger partial charge in [-0.1, -0.05) is 23.1 Å². The zero-order chi connectivity index (χ0) is 20.1. The zero-order valence-electron chi connectivity index (χ0n) is 15.3. The van der Waals surface area contributed by atoms with Crippen molar-refractivity contribution in [1.29, 1.82) is 0 Å². The molecule has 0 saturated carbocycles. The number of amides is 1. The van der Waals surface area contributed by atoms with Crippen molar-refractivity contribution in [3.8, 4) is 0 Å². The number of nitrogens with zero attached hydrogens (tertiary/aromatic N) is 3. The summed E-state index contributed by atoms with van der Waals surface area (Å²) in [6.45, 7) is 0. The summed E-state index contributed by atoms with van der Waals surface area (Å²) in [5.41, 5.74) is 1.74. The second-order valence-corrected chi connectivity index (χ2v) is 9.82. The molecule has 1 aliphatic carbocycles. The number of thiophene rings is 1. The number of nitrogens with one attached hydrogen (secondary N) is 1. The number of hydrogen-bond acceptors (Lipinski definition) is 7. The van der Waals surface area contributed by atoms with Crippen molar-refractivity contribution >= 4 is 65.9 Å². The monoisotopic (exact) mass is 446 g/mol. The molecule has 0 radical (unpaired) electrons. The summed E-state index contributed by atoms with van der Waals surface area (Å²) in [5.74, 6) is -0.490. The van der Waals surface area contributed by atoms with Gasteiger partial charge in [-0.15, -0.1) is 11.3 Å². The van der Waals surface area contributed by atoms with Crippen LogP contribution in [0.3, 0.4) is 0 Å². The van der Waals surface area contributed by atoms with Gasteiger partial charge in [0.25, 0.3) is 5.56 Å². The van der Waals surface area contributed by atoms with E-state index in [-0.39, 0.29) is 23.0 Å². The Kier molecular flexibility index (Phi) is 4.64. The van der Waals surface area contributed by atoms with Crippen LogP contribution in [0.5, 0.6) is 0 Å². The quantitative estimate of drug-likeness (QED) is 0.379. The lowest BCUT2D eigenvalue weighted by Crippen LogP contribution is -2.21. The molecular formula is C19H15FN4O2S3. The fourth-order valence-electron chi connectivity index (χ4n) is 3.47. The van der Waals surface area contributed by atoms with E-state index in [9.17, 15) is 14.0 Å². The van der Waals surface area contributed by atoms with Crippen LogP contribution in [-0.2, 0) is 24.7 Å². The van der Waals surface area contributed by atoms with Crippen LogP contribution in [0.25, 0.3) is 20.4 Å². The standard InChI is InChI=1S/C19H15FN4O2S3/c1-24-17(26)15-10-3-2-4-12(10)28-16(15)23-19(24)27-8-14(25)22-18-21-11-6-5-9(20)7-13(11)29-18/h5-7H,2-4,8H2,1H3,(H,21,22,25). The highest BCUT2D eigenvalue weighted by atomic mass is 32.2. The average Bonchev–Trinajstić information content (AvgIpc) is 3.36. The summed E-state index contributed by atoms with van der Waals surface area (Å²) in [4.78, 5) is 36.1. The maximum atomic E-state index is 13.3. The van der Waals surface area contributed by atoms with Gasteiger partial charge in [0.2, 0.25) is 5.91 Å². The number of aryl methyl sites for hydroxylation is 2. The molecule has 0 unspecified atom stereocenters. The number of hydrogen-bond donors (Lipinski definition) is 1. The summed E-state index contributed by atoms with van der Waals surface area (Å²) < 4.78 is 15.5. The Bertz CT molecular complexity index is 1340. The molecule has 148 valence electrons. The van der Waals surface area contributed by atoms with Crippen LogP contribution >= 0.6 is 34.4 Å². The molecule has 0 atom stereocenters. The van der Waals surface area contributed by atoms with Crippen molar-refractivity contribution in [2.75, 3.05) is 11.1 Å². The highest BCUT2D eigenvalue weighted by Gasteiger charge is 2.22. The van der Waals surface area contributed by atoms with Crippen molar-refractivity contribution in [1.82, 2.24) is 14.5 Å². The van der Waals surface area contributed by atoms with Crippen LogP contribution in [0.2, 0.25) is 0 Å². The Morgan fingerprint density at radius 1 is 1.31 bits per heavy atom. The van der Waals surface area contributed by atoms with Crippen molar-refractivity contribution in [3.05, 3.63) is 44.8 Å². The normalized spacial score (nSPS) is 13.3. The van der Waals surface area contributed by atoms with Gasteiger partial charge >= 0.3 is 0 Å². The van der Waals surface area contributed by atoms with Crippen LogP contribution in [0.1, 0.15) is 16.9 Å². The summed E-state index contributed by atoms with van der Waals surface area (Å²) in [6.07, 6.45) is 3.04. The number of anilines is 1. The first-order valence-electron chi connectivity index (χ1n) is 8.99. The Hall–Kier alpha value is -2.30. The highest BCUT2D eigenvalue weighted by Crippen LogP contribution is 2.35. The van der Waals surface area contributed by atoms with Crippen LogP contribution in [0, 0.1) is 5.82 Å². The molecule has 1 aromatic carbocycles. The number of rotatable bonds is 4. The van der Waals surface area contributed by atoms with E-state index < -0.39 is 0 Å². The first-order chi connectivity index (χ1) is 14.0. The lowest BCUT2D eigenvalue weighted by molar-refractivity contribution is -0.113. The number of aromatic nitrogens is 3.